The largest absolute Gasteiger partial charge is 0.482 e. The molecule has 0 spiro atoms. The molecule has 0 fully saturated rings. The van der Waals surface area contributed by atoms with Crippen LogP contribution in [0.2, 0.25) is 5.02 Å². The number of rotatable bonds is 2. The molecule has 4 nitrogen and oxygen atoms in total. The zero-order valence-electron chi connectivity index (χ0n) is 9.95. The van der Waals surface area contributed by atoms with Crippen molar-refractivity contribution in [2.75, 3.05) is 18.1 Å². The Morgan fingerprint density at radius 1 is 1.50 bits per heavy atom. The molecule has 1 aromatic carbocycles. The molecule has 0 saturated carbocycles. The summed E-state index contributed by atoms with van der Waals surface area (Å²) >= 11 is 5.77. The van der Waals surface area contributed by atoms with Gasteiger partial charge in [-0.15, -0.1) is 0 Å². The first kappa shape index (κ1) is 14.5. The van der Waals surface area contributed by atoms with Gasteiger partial charge < -0.3 is 9.64 Å². The van der Waals surface area contributed by atoms with Gasteiger partial charge in [-0.2, -0.15) is 18.4 Å². The van der Waals surface area contributed by atoms with Crippen molar-refractivity contribution < 1.29 is 22.7 Å². The predicted octanol–water partition coefficient (Wildman–Crippen LogP) is 2.77. The molecule has 20 heavy (non-hydrogen) atoms. The van der Waals surface area contributed by atoms with Crippen LogP contribution in [0.25, 0.3) is 0 Å². The third-order valence-corrected chi connectivity index (χ3v) is 3.02. The highest BCUT2D eigenvalue weighted by molar-refractivity contribution is 6.31. The van der Waals surface area contributed by atoms with E-state index in [1.54, 1.807) is 0 Å². The summed E-state index contributed by atoms with van der Waals surface area (Å²) in [6.45, 7) is -1.15. The molecule has 0 radical (unpaired) electrons. The van der Waals surface area contributed by atoms with Gasteiger partial charge in [-0.3, -0.25) is 4.79 Å². The lowest BCUT2D eigenvalue weighted by Gasteiger charge is -2.31. The Kier molecular flexibility index (Phi) is 3.77. The molecule has 1 aliphatic heterocycles. The molecule has 1 heterocycles. The van der Waals surface area contributed by atoms with Gasteiger partial charge in [-0.25, -0.2) is 0 Å². The molecule has 1 unspecified atom stereocenters. The first-order valence-corrected chi connectivity index (χ1v) is 5.90. The van der Waals surface area contributed by atoms with Crippen LogP contribution in [0.4, 0.5) is 18.9 Å². The fraction of sp³-hybridized carbons (Fsp3) is 0.333. The second-order valence-electron chi connectivity index (χ2n) is 4.13. The molecular weight excluding hydrogens is 297 g/mol. The number of carbonyl (C=O) groups excluding carboxylic acids is 1. The van der Waals surface area contributed by atoms with Crippen molar-refractivity contribution in [1.29, 1.82) is 5.26 Å². The Morgan fingerprint density at radius 2 is 2.20 bits per heavy atom. The molecule has 0 saturated heterocycles. The number of amides is 1. The van der Waals surface area contributed by atoms with Crippen LogP contribution in [0.15, 0.2) is 18.2 Å². The van der Waals surface area contributed by atoms with Crippen molar-refractivity contribution in [3.8, 4) is 11.8 Å². The van der Waals surface area contributed by atoms with Crippen molar-refractivity contribution in [2.45, 2.75) is 6.18 Å². The number of benzene rings is 1. The van der Waals surface area contributed by atoms with E-state index in [0.29, 0.717) is 0 Å². The van der Waals surface area contributed by atoms with E-state index in [0.717, 1.165) is 11.0 Å². The smallest absolute Gasteiger partial charge is 0.406 e. The van der Waals surface area contributed by atoms with Gasteiger partial charge in [0.2, 0.25) is 0 Å². The van der Waals surface area contributed by atoms with Crippen LogP contribution in [0.5, 0.6) is 5.75 Å². The first-order chi connectivity index (χ1) is 9.32. The minimum absolute atomic E-state index is 0.137. The SMILES string of the molecule is N#CC(CN1C(=O)COc2ccc(Cl)cc21)C(F)(F)F. The molecule has 1 aliphatic rings. The van der Waals surface area contributed by atoms with Gasteiger partial charge in [0.05, 0.1) is 18.3 Å². The summed E-state index contributed by atoms with van der Waals surface area (Å²) < 4.78 is 43.0. The van der Waals surface area contributed by atoms with Gasteiger partial charge >= 0.3 is 6.18 Å². The molecule has 106 valence electrons. The second kappa shape index (κ2) is 5.21. The molecule has 1 aromatic rings. The minimum atomic E-state index is -4.70. The number of hydrogen-bond acceptors (Lipinski definition) is 3. The Hall–Kier alpha value is -1.94. The number of halogens is 4. The summed E-state index contributed by atoms with van der Waals surface area (Å²) in [4.78, 5) is 12.6. The van der Waals surface area contributed by atoms with Crippen molar-refractivity contribution >= 4 is 23.2 Å². The van der Waals surface area contributed by atoms with Gasteiger partial charge in [0.25, 0.3) is 5.91 Å². The number of nitriles is 1. The topological polar surface area (TPSA) is 53.3 Å². The third-order valence-electron chi connectivity index (χ3n) is 2.78. The van der Waals surface area contributed by atoms with E-state index in [-0.39, 0.29) is 23.1 Å². The lowest BCUT2D eigenvalue weighted by molar-refractivity contribution is -0.157. The van der Waals surface area contributed by atoms with Gasteiger partial charge in [0.15, 0.2) is 12.5 Å². The molecule has 0 aliphatic carbocycles. The van der Waals surface area contributed by atoms with E-state index in [1.165, 1.54) is 18.2 Å². The van der Waals surface area contributed by atoms with Gasteiger partial charge in [0.1, 0.15) is 5.75 Å². The molecule has 1 amide bonds. The zero-order valence-corrected chi connectivity index (χ0v) is 10.7. The van der Waals surface area contributed by atoms with E-state index in [9.17, 15) is 18.0 Å². The predicted molar refractivity (Wildman–Crippen MR) is 64.5 cm³/mol. The number of hydrogen-bond donors (Lipinski definition) is 0. The normalized spacial score (nSPS) is 16.1. The standard InChI is InChI=1S/C12H8ClF3N2O2/c13-8-1-2-10-9(3-8)18(11(19)6-20-10)5-7(4-17)12(14,15)16/h1-3,7H,5-6H2. The van der Waals surface area contributed by atoms with Crippen LogP contribution in [0, 0.1) is 17.2 Å². The monoisotopic (exact) mass is 304 g/mol. The fourth-order valence-corrected chi connectivity index (χ4v) is 1.94. The van der Waals surface area contributed by atoms with E-state index < -0.39 is 24.5 Å². The molecule has 0 aromatic heterocycles. The number of anilines is 1. The highest BCUT2D eigenvalue weighted by Gasteiger charge is 2.43. The Morgan fingerprint density at radius 3 is 2.80 bits per heavy atom. The molecule has 2 rings (SSSR count). The lowest BCUT2D eigenvalue weighted by atomic mass is 10.1. The van der Waals surface area contributed by atoms with Crippen LogP contribution in [-0.2, 0) is 4.79 Å². The van der Waals surface area contributed by atoms with Gasteiger partial charge in [-0.05, 0) is 18.2 Å². The average molecular weight is 305 g/mol. The quantitative estimate of drug-likeness (QED) is 0.844. The average Bonchev–Trinajstić information content (AvgIpc) is 2.36. The summed E-state index contributed by atoms with van der Waals surface area (Å²) in [7, 11) is 0. The summed E-state index contributed by atoms with van der Waals surface area (Å²) in [5, 5.41) is 8.87. The Balaban J connectivity index is 2.35. The highest BCUT2D eigenvalue weighted by Crippen LogP contribution is 2.36. The molecule has 1 atom stereocenters. The van der Waals surface area contributed by atoms with Crippen LogP contribution >= 0.6 is 11.6 Å². The van der Waals surface area contributed by atoms with Gasteiger partial charge in [0, 0.05) is 5.02 Å². The van der Waals surface area contributed by atoms with E-state index in [4.69, 9.17) is 21.6 Å². The maximum atomic E-state index is 12.6. The molecular formula is C12H8ClF3N2O2. The summed E-state index contributed by atoms with van der Waals surface area (Å²) in [5.74, 6) is -2.66. The van der Waals surface area contributed by atoms with Crippen molar-refractivity contribution in [2.24, 2.45) is 5.92 Å². The maximum absolute atomic E-state index is 12.6. The van der Waals surface area contributed by atoms with E-state index >= 15 is 0 Å². The minimum Gasteiger partial charge on any atom is -0.482 e. The fourth-order valence-electron chi connectivity index (χ4n) is 1.78. The van der Waals surface area contributed by atoms with Crippen LogP contribution in [-0.4, -0.2) is 25.2 Å². The van der Waals surface area contributed by atoms with E-state index in [1.807, 2.05) is 0 Å². The summed E-state index contributed by atoms with van der Waals surface area (Å²) in [5.41, 5.74) is 0.137. The zero-order chi connectivity index (χ0) is 14.9. The maximum Gasteiger partial charge on any atom is 0.406 e. The first-order valence-electron chi connectivity index (χ1n) is 5.52. The van der Waals surface area contributed by atoms with Crippen LogP contribution in [0.1, 0.15) is 0 Å². The number of ether oxygens (including phenoxy) is 1. The van der Waals surface area contributed by atoms with Gasteiger partial charge in [-0.1, -0.05) is 11.6 Å². The van der Waals surface area contributed by atoms with Crippen LogP contribution < -0.4 is 9.64 Å². The molecule has 0 N–H and O–H groups in total. The Labute approximate surface area is 117 Å². The molecule has 0 bridgehead atoms. The van der Waals surface area contributed by atoms with Crippen LogP contribution in [0.3, 0.4) is 0 Å². The summed E-state index contributed by atoms with van der Waals surface area (Å²) in [6, 6.07) is 5.46. The highest BCUT2D eigenvalue weighted by atomic mass is 35.5. The second-order valence-corrected chi connectivity index (χ2v) is 4.56. The number of nitrogens with zero attached hydrogens (tertiary/aromatic N) is 2. The lowest BCUT2D eigenvalue weighted by Crippen LogP contribution is -2.44. The number of fused-ring (bicyclic) bond motifs is 1. The third kappa shape index (κ3) is 2.80. The van der Waals surface area contributed by atoms with E-state index in [2.05, 4.69) is 0 Å². The van der Waals surface area contributed by atoms with Crippen molar-refractivity contribution in [3.63, 3.8) is 0 Å². The summed E-state index contributed by atoms with van der Waals surface area (Å²) in [6.07, 6.45) is -4.70. The molecule has 8 heteroatoms. The number of carbonyl (C=O) groups is 1. The Bertz CT molecular complexity index is 583. The number of alkyl halides is 3. The van der Waals surface area contributed by atoms with Crippen molar-refractivity contribution in [3.05, 3.63) is 23.2 Å². The van der Waals surface area contributed by atoms with Crippen molar-refractivity contribution in [1.82, 2.24) is 0 Å².